The lowest BCUT2D eigenvalue weighted by molar-refractivity contribution is 0.144. The highest BCUT2D eigenvalue weighted by atomic mass is 35.5. The molecule has 25 heavy (non-hydrogen) atoms. The van der Waals surface area contributed by atoms with Gasteiger partial charge in [0.05, 0.1) is 12.3 Å². The summed E-state index contributed by atoms with van der Waals surface area (Å²) < 4.78 is 5.48. The summed E-state index contributed by atoms with van der Waals surface area (Å²) in [6.45, 7) is 7.53. The standard InChI is InChI=1S/C17H23ClN6O/c1-4-8-25-9-7-20-15-14(12(3)19)23-17(18)24-16(15)22-13-6-5-11(2)10-21-13/h5-6,10,19-20H,4,7-9H2,1-3H3,(H,21,22,23,24). The Kier molecular flexibility index (Phi) is 7.09. The van der Waals surface area contributed by atoms with Crippen molar-refractivity contribution in [2.45, 2.75) is 27.2 Å². The maximum absolute atomic E-state index is 7.96. The molecule has 7 nitrogen and oxygen atoms in total. The molecule has 0 amide bonds. The van der Waals surface area contributed by atoms with E-state index in [-0.39, 0.29) is 5.28 Å². The maximum Gasteiger partial charge on any atom is 0.225 e. The van der Waals surface area contributed by atoms with Gasteiger partial charge in [0, 0.05) is 19.3 Å². The lowest BCUT2D eigenvalue weighted by Crippen LogP contribution is -2.16. The Balaban J connectivity index is 2.25. The van der Waals surface area contributed by atoms with Crippen molar-refractivity contribution in [3.8, 4) is 0 Å². The molecule has 0 bridgehead atoms. The summed E-state index contributed by atoms with van der Waals surface area (Å²) in [7, 11) is 0. The maximum atomic E-state index is 7.96. The van der Waals surface area contributed by atoms with E-state index in [4.69, 9.17) is 21.7 Å². The molecule has 0 spiro atoms. The van der Waals surface area contributed by atoms with Crippen molar-refractivity contribution in [3.05, 3.63) is 34.9 Å². The molecule has 0 radical (unpaired) electrons. The normalized spacial score (nSPS) is 10.6. The second kappa shape index (κ2) is 9.29. The van der Waals surface area contributed by atoms with Crippen molar-refractivity contribution in [1.29, 1.82) is 5.41 Å². The van der Waals surface area contributed by atoms with Crippen molar-refractivity contribution >= 4 is 34.6 Å². The number of aryl methyl sites for hydroxylation is 1. The molecule has 0 saturated heterocycles. The van der Waals surface area contributed by atoms with Gasteiger partial charge in [-0.05, 0) is 43.5 Å². The molecule has 0 unspecified atom stereocenters. The summed E-state index contributed by atoms with van der Waals surface area (Å²) in [5.74, 6) is 1.12. The van der Waals surface area contributed by atoms with Gasteiger partial charge in [-0.15, -0.1) is 0 Å². The Morgan fingerprint density at radius 1 is 1.28 bits per heavy atom. The van der Waals surface area contributed by atoms with Crippen LogP contribution in [0.5, 0.6) is 0 Å². The third-order valence-electron chi connectivity index (χ3n) is 3.29. The van der Waals surface area contributed by atoms with Crippen LogP contribution >= 0.6 is 11.6 Å². The summed E-state index contributed by atoms with van der Waals surface area (Å²) in [5.41, 5.74) is 2.42. The van der Waals surface area contributed by atoms with E-state index < -0.39 is 0 Å². The third kappa shape index (κ3) is 5.65. The molecule has 0 fully saturated rings. The van der Waals surface area contributed by atoms with Crippen molar-refractivity contribution in [2.24, 2.45) is 0 Å². The minimum Gasteiger partial charge on any atom is -0.380 e. The van der Waals surface area contributed by atoms with E-state index in [9.17, 15) is 0 Å². The molecule has 0 atom stereocenters. The number of ether oxygens (including phenoxy) is 1. The van der Waals surface area contributed by atoms with Crippen LogP contribution in [-0.4, -0.2) is 40.4 Å². The van der Waals surface area contributed by atoms with Crippen LogP contribution in [0.3, 0.4) is 0 Å². The number of nitrogens with one attached hydrogen (secondary N) is 3. The van der Waals surface area contributed by atoms with E-state index in [0.29, 0.717) is 48.5 Å². The number of aromatic nitrogens is 3. The quantitative estimate of drug-likeness (QED) is 0.356. The molecule has 2 heterocycles. The van der Waals surface area contributed by atoms with Crippen molar-refractivity contribution in [2.75, 3.05) is 30.4 Å². The number of anilines is 3. The lowest BCUT2D eigenvalue weighted by atomic mass is 10.2. The average Bonchev–Trinajstić information content (AvgIpc) is 2.57. The molecule has 2 rings (SSSR count). The summed E-state index contributed by atoms with van der Waals surface area (Å²) in [6, 6.07) is 3.81. The number of hydrogen-bond donors (Lipinski definition) is 3. The van der Waals surface area contributed by atoms with Crippen LogP contribution in [0.15, 0.2) is 18.3 Å². The minimum absolute atomic E-state index is 0.0731. The van der Waals surface area contributed by atoms with Crippen LogP contribution in [0.25, 0.3) is 0 Å². The van der Waals surface area contributed by atoms with Crippen LogP contribution in [0, 0.1) is 12.3 Å². The van der Waals surface area contributed by atoms with Gasteiger partial charge in [-0.25, -0.2) is 9.97 Å². The fraction of sp³-hybridized carbons (Fsp3) is 0.412. The fourth-order valence-corrected chi connectivity index (χ4v) is 2.29. The number of pyridine rings is 1. The largest absolute Gasteiger partial charge is 0.380 e. The van der Waals surface area contributed by atoms with Gasteiger partial charge in [0.2, 0.25) is 5.28 Å². The van der Waals surface area contributed by atoms with Crippen LogP contribution in [0.1, 0.15) is 31.5 Å². The van der Waals surface area contributed by atoms with E-state index in [1.54, 1.807) is 13.1 Å². The molecule has 0 aliphatic carbocycles. The molecule has 8 heteroatoms. The Hall–Kier alpha value is -2.25. The molecule has 0 saturated carbocycles. The summed E-state index contributed by atoms with van der Waals surface area (Å²) in [4.78, 5) is 12.7. The fourth-order valence-electron chi connectivity index (χ4n) is 2.12. The summed E-state index contributed by atoms with van der Waals surface area (Å²) >= 11 is 6.03. The first kappa shape index (κ1) is 19.1. The topological polar surface area (TPSA) is 95.8 Å². The number of rotatable bonds is 9. The highest BCUT2D eigenvalue weighted by Gasteiger charge is 2.16. The smallest absolute Gasteiger partial charge is 0.225 e. The predicted molar refractivity (Wildman–Crippen MR) is 101 cm³/mol. The number of nitrogens with zero attached hydrogens (tertiary/aromatic N) is 3. The molecule has 0 aliphatic rings. The number of halogens is 1. The van der Waals surface area contributed by atoms with Gasteiger partial charge in [0.25, 0.3) is 0 Å². The molecule has 2 aromatic heterocycles. The Labute approximate surface area is 152 Å². The molecule has 134 valence electrons. The van der Waals surface area contributed by atoms with Crippen molar-refractivity contribution in [3.63, 3.8) is 0 Å². The first-order valence-electron chi connectivity index (χ1n) is 8.15. The van der Waals surface area contributed by atoms with E-state index in [2.05, 4.69) is 32.5 Å². The Bertz CT molecular complexity index is 720. The summed E-state index contributed by atoms with van der Waals surface area (Å²) in [5, 5.41) is 14.4. The summed E-state index contributed by atoms with van der Waals surface area (Å²) in [6.07, 6.45) is 2.74. The van der Waals surface area contributed by atoms with E-state index in [1.807, 2.05) is 19.1 Å². The van der Waals surface area contributed by atoms with E-state index in [1.165, 1.54) is 0 Å². The average molecular weight is 363 g/mol. The zero-order chi connectivity index (χ0) is 18.2. The lowest BCUT2D eigenvalue weighted by Gasteiger charge is -2.16. The van der Waals surface area contributed by atoms with E-state index in [0.717, 1.165) is 12.0 Å². The minimum atomic E-state index is 0.0731. The zero-order valence-electron chi connectivity index (χ0n) is 14.7. The first-order valence-corrected chi connectivity index (χ1v) is 8.53. The highest BCUT2D eigenvalue weighted by Crippen LogP contribution is 2.27. The molecular formula is C17H23ClN6O. The van der Waals surface area contributed by atoms with Gasteiger partial charge >= 0.3 is 0 Å². The number of hydrogen-bond acceptors (Lipinski definition) is 7. The van der Waals surface area contributed by atoms with Gasteiger partial charge in [-0.1, -0.05) is 13.0 Å². The monoisotopic (exact) mass is 362 g/mol. The van der Waals surface area contributed by atoms with Crippen LogP contribution in [0.2, 0.25) is 5.28 Å². The van der Waals surface area contributed by atoms with Gasteiger partial charge < -0.3 is 20.8 Å². The van der Waals surface area contributed by atoms with Crippen LogP contribution < -0.4 is 10.6 Å². The van der Waals surface area contributed by atoms with Crippen LogP contribution in [-0.2, 0) is 4.74 Å². The Morgan fingerprint density at radius 2 is 2.08 bits per heavy atom. The molecule has 3 N–H and O–H groups in total. The highest BCUT2D eigenvalue weighted by molar-refractivity contribution is 6.28. The van der Waals surface area contributed by atoms with Gasteiger partial charge in [-0.2, -0.15) is 4.98 Å². The second-order valence-corrected chi connectivity index (χ2v) is 5.91. The van der Waals surface area contributed by atoms with Crippen molar-refractivity contribution in [1.82, 2.24) is 15.0 Å². The SMILES string of the molecule is CCCOCCNc1c(Nc2ccc(C)cn2)nc(Cl)nc1C(C)=N. The zero-order valence-corrected chi connectivity index (χ0v) is 15.4. The second-order valence-electron chi connectivity index (χ2n) is 5.57. The molecule has 2 aromatic rings. The van der Waals surface area contributed by atoms with E-state index >= 15 is 0 Å². The van der Waals surface area contributed by atoms with Crippen LogP contribution in [0.4, 0.5) is 17.3 Å². The van der Waals surface area contributed by atoms with Crippen molar-refractivity contribution < 1.29 is 4.74 Å². The molecular weight excluding hydrogens is 340 g/mol. The molecule has 0 aliphatic heterocycles. The van der Waals surface area contributed by atoms with Gasteiger partial charge in [0.1, 0.15) is 17.2 Å². The Morgan fingerprint density at radius 3 is 2.72 bits per heavy atom. The van der Waals surface area contributed by atoms with Gasteiger partial charge in [-0.3, -0.25) is 0 Å². The third-order valence-corrected chi connectivity index (χ3v) is 3.46. The molecule has 0 aromatic carbocycles. The predicted octanol–water partition coefficient (Wildman–Crippen LogP) is 3.80. The van der Waals surface area contributed by atoms with Gasteiger partial charge in [0.15, 0.2) is 5.82 Å². The first-order chi connectivity index (χ1) is 12.0.